The minimum Gasteiger partial charge on any atom is -0.494 e. The summed E-state index contributed by atoms with van der Waals surface area (Å²) in [6.45, 7) is 4.45. The lowest BCUT2D eigenvalue weighted by Gasteiger charge is -2.11. The van der Waals surface area contributed by atoms with Gasteiger partial charge in [-0.25, -0.2) is 4.98 Å². The Hall–Kier alpha value is -2.31. The third-order valence-corrected chi connectivity index (χ3v) is 5.70. The average Bonchev–Trinajstić information content (AvgIpc) is 3.13. The molecule has 4 nitrogen and oxygen atoms in total. The van der Waals surface area contributed by atoms with Gasteiger partial charge in [0.25, 0.3) is 0 Å². The van der Waals surface area contributed by atoms with Crippen LogP contribution in [0.2, 0.25) is 0 Å². The average molecular weight is 385 g/mol. The molecule has 0 saturated carbocycles. The first-order chi connectivity index (χ1) is 12.7. The van der Waals surface area contributed by atoms with E-state index in [4.69, 9.17) is 4.74 Å². The number of thioether (sulfide) groups is 1. The molecule has 1 unspecified atom stereocenters. The summed E-state index contributed by atoms with van der Waals surface area (Å²) in [6.07, 6.45) is 0. The molecule has 6 heteroatoms. The van der Waals surface area contributed by atoms with E-state index in [1.807, 2.05) is 73.8 Å². The van der Waals surface area contributed by atoms with Crippen LogP contribution >= 0.6 is 23.1 Å². The summed E-state index contributed by atoms with van der Waals surface area (Å²) in [5, 5.41) is 4.71. The Kier molecular flexibility index (Phi) is 6.30. The van der Waals surface area contributed by atoms with Crippen LogP contribution in [0.25, 0.3) is 11.3 Å². The molecule has 0 aliphatic heterocycles. The molecule has 1 N–H and O–H groups in total. The van der Waals surface area contributed by atoms with Gasteiger partial charge in [0, 0.05) is 16.6 Å². The lowest BCUT2D eigenvalue weighted by molar-refractivity contribution is -0.115. The largest absolute Gasteiger partial charge is 0.494 e. The van der Waals surface area contributed by atoms with E-state index in [1.165, 1.54) is 11.8 Å². The van der Waals surface area contributed by atoms with E-state index in [1.54, 1.807) is 11.3 Å². The summed E-state index contributed by atoms with van der Waals surface area (Å²) < 4.78 is 6.29. The van der Waals surface area contributed by atoms with Gasteiger partial charge in [-0.05, 0) is 38.1 Å². The van der Waals surface area contributed by atoms with E-state index in [-0.39, 0.29) is 11.2 Å². The van der Waals surface area contributed by atoms with Gasteiger partial charge in [-0.2, -0.15) is 0 Å². The number of nitrogens with zero attached hydrogens (tertiary/aromatic N) is 1. The Morgan fingerprint density at radius 2 is 1.92 bits per heavy atom. The fourth-order valence-electron chi connectivity index (χ4n) is 2.30. The van der Waals surface area contributed by atoms with Crippen LogP contribution in [0.4, 0.5) is 5.69 Å². The number of anilines is 1. The SMILES string of the molecule is CCOc1ccc(NC(=O)C(C)Sc2nc(-c3ccccc3)cs2)cc1. The zero-order valence-corrected chi connectivity index (χ0v) is 16.3. The molecular weight excluding hydrogens is 364 g/mol. The van der Waals surface area contributed by atoms with E-state index in [9.17, 15) is 4.79 Å². The molecule has 0 spiro atoms. The van der Waals surface area contributed by atoms with Gasteiger partial charge >= 0.3 is 0 Å². The molecule has 0 saturated heterocycles. The number of hydrogen-bond donors (Lipinski definition) is 1. The van der Waals surface area contributed by atoms with Gasteiger partial charge in [0.1, 0.15) is 5.75 Å². The van der Waals surface area contributed by atoms with Crippen LogP contribution in [-0.2, 0) is 4.79 Å². The van der Waals surface area contributed by atoms with Crippen molar-refractivity contribution in [3.8, 4) is 17.0 Å². The molecule has 1 heterocycles. The highest BCUT2D eigenvalue weighted by molar-refractivity contribution is 8.02. The van der Waals surface area contributed by atoms with Crippen molar-refractivity contribution in [2.24, 2.45) is 0 Å². The Morgan fingerprint density at radius 1 is 1.19 bits per heavy atom. The topological polar surface area (TPSA) is 51.2 Å². The third kappa shape index (κ3) is 4.86. The van der Waals surface area contributed by atoms with Gasteiger partial charge in [0.05, 0.1) is 17.6 Å². The molecule has 0 radical (unpaired) electrons. The van der Waals surface area contributed by atoms with Gasteiger partial charge in [-0.1, -0.05) is 42.1 Å². The lowest BCUT2D eigenvalue weighted by atomic mass is 10.2. The zero-order valence-electron chi connectivity index (χ0n) is 14.6. The Bertz CT molecular complexity index is 848. The minimum absolute atomic E-state index is 0.0457. The first kappa shape index (κ1) is 18.5. The molecule has 26 heavy (non-hydrogen) atoms. The Balaban J connectivity index is 1.58. The minimum atomic E-state index is -0.239. The molecule has 0 aliphatic carbocycles. The fraction of sp³-hybridized carbons (Fsp3) is 0.200. The van der Waals surface area contributed by atoms with E-state index >= 15 is 0 Å². The van der Waals surface area contributed by atoms with E-state index in [2.05, 4.69) is 10.3 Å². The van der Waals surface area contributed by atoms with Crippen molar-refractivity contribution in [2.45, 2.75) is 23.4 Å². The number of carbonyl (C=O) groups is 1. The molecule has 3 aromatic rings. The predicted octanol–water partition coefficient (Wildman–Crippen LogP) is 5.33. The van der Waals surface area contributed by atoms with Gasteiger partial charge in [-0.3, -0.25) is 4.79 Å². The van der Waals surface area contributed by atoms with Crippen molar-refractivity contribution in [3.05, 3.63) is 60.0 Å². The number of benzene rings is 2. The lowest BCUT2D eigenvalue weighted by Crippen LogP contribution is -2.22. The summed E-state index contributed by atoms with van der Waals surface area (Å²) in [4.78, 5) is 17.0. The monoisotopic (exact) mass is 384 g/mol. The van der Waals surface area contributed by atoms with Crippen molar-refractivity contribution < 1.29 is 9.53 Å². The fourth-order valence-corrected chi connectivity index (χ4v) is 4.27. The van der Waals surface area contributed by atoms with Crippen molar-refractivity contribution in [3.63, 3.8) is 0 Å². The normalized spacial score (nSPS) is 11.8. The maximum Gasteiger partial charge on any atom is 0.237 e. The number of rotatable bonds is 7. The molecule has 1 atom stereocenters. The van der Waals surface area contributed by atoms with Crippen molar-refractivity contribution in [1.29, 1.82) is 0 Å². The van der Waals surface area contributed by atoms with Crippen LogP contribution in [0.1, 0.15) is 13.8 Å². The smallest absolute Gasteiger partial charge is 0.237 e. The summed E-state index contributed by atoms with van der Waals surface area (Å²) in [5.74, 6) is 0.750. The van der Waals surface area contributed by atoms with Gasteiger partial charge < -0.3 is 10.1 Å². The summed E-state index contributed by atoms with van der Waals surface area (Å²) >= 11 is 3.03. The first-order valence-corrected chi connectivity index (χ1v) is 10.1. The highest BCUT2D eigenvalue weighted by Crippen LogP contribution is 2.31. The van der Waals surface area contributed by atoms with Crippen LogP contribution in [0.5, 0.6) is 5.75 Å². The van der Waals surface area contributed by atoms with Crippen molar-refractivity contribution in [1.82, 2.24) is 4.98 Å². The number of hydrogen-bond acceptors (Lipinski definition) is 5. The van der Waals surface area contributed by atoms with Crippen LogP contribution in [0, 0.1) is 0 Å². The van der Waals surface area contributed by atoms with E-state index < -0.39 is 0 Å². The second-order valence-electron chi connectivity index (χ2n) is 5.57. The molecule has 2 aromatic carbocycles. The van der Waals surface area contributed by atoms with Crippen LogP contribution < -0.4 is 10.1 Å². The molecular formula is C20H20N2O2S2. The van der Waals surface area contributed by atoms with Gasteiger partial charge in [0.2, 0.25) is 5.91 Å². The van der Waals surface area contributed by atoms with Gasteiger partial charge in [0.15, 0.2) is 4.34 Å². The number of carbonyl (C=O) groups excluding carboxylic acids is 1. The second kappa shape index (κ2) is 8.87. The molecule has 0 bridgehead atoms. The van der Waals surface area contributed by atoms with Gasteiger partial charge in [-0.15, -0.1) is 11.3 Å². The summed E-state index contributed by atoms with van der Waals surface area (Å²) in [6, 6.07) is 17.4. The second-order valence-corrected chi connectivity index (χ2v) is 8.02. The van der Waals surface area contributed by atoms with Crippen molar-refractivity contribution >= 4 is 34.7 Å². The third-order valence-electron chi connectivity index (χ3n) is 3.63. The van der Waals surface area contributed by atoms with E-state index in [0.717, 1.165) is 27.0 Å². The summed E-state index contributed by atoms with van der Waals surface area (Å²) in [7, 11) is 0. The summed E-state index contributed by atoms with van der Waals surface area (Å²) in [5.41, 5.74) is 2.79. The molecule has 1 aromatic heterocycles. The molecule has 0 aliphatic rings. The quantitative estimate of drug-likeness (QED) is 0.560. The Labute approximate surface area is 161 Å². The van der Waals surface area contributed by atoms with Crippen LogP contribution in [0.15, 0.2) is 64.3 Å². The molecule has 3 rings (SSSR count). The highest BCUT2D eigenvalue weighted by Gasteiger charge is 2.17. The molecule has 0 fully saturated rings. The number of nitrogens with one attached hydrogen (secondary N) is 1. The maximum absolute atomic E-state index is 12.4. The Morgan fingerprint density at radius 3 is 2.62 bits per heavy atom. The van der Waals surface area contributed by atoms with Crippen LogP contribution in [-0.4, -0.2) is 22.7 Å². The van der Waals surface area contributed by atoms with E-state index in [0.29, 0.717) is 6.61 Å². The predicted molar refractivity (Wildman–Crippen MR) is 109 cm³/mol. The first-order valence-electron chi connectivity index (χ1n) is 8.37. The van der Waals surface area contributed by atoms with Crippen LogP contribution in [0.3, 0.4) is 0 Å². The molecule has 134 valence electrons. The number of thiazole rings is 1. The molecule has 1 amide bonds. The standard InChI is InChI=1S/C20H20N2O2S2/c1-3-24-17-11-9-16(10-12-17)21-19(23)14(2)26-20-22-18(13-25-20)15-7-5-4-6-8-15/h4-14H,3H2,1-2H3,(H,21,23). The zero-order chi connectivity index (χ0) is 18.4. The highest BCUT2D eigenvalue weighted by atomic mass is 32.2. The number of amides is 1. The van der Waals surface area contributed by atoms with Crippen molar-refractivity contribution in [2.75, 3.05) is 11.9 Å². The maximum atomic E-state index is 12.4. The number of aromatic nitrogens is 1. The number of ether oxygens (including phenoxy) is 1.